The van der Waals surface area contributed by atoms with Crippen LogP contribution in [-0.2, 0) is 9.59 Å². The van der Waals surface area contributed by atoms with E-state index in [0.717, 1.165) is 36.8 Å². The summed E-state index contributed by atoms with van der Waals surface area (Å²) >= 11 is 0. The highest BCUT2D eigenvalue weighted by Crippen LogP contribution is 2.48. The highest BCUT2D eigenvalue weighted by Gasteiger charge is 2.47. The molecule has 2 unspecified atom stereocenters. The van der Waals surface area contributed by atoms with Crippen LogP contribution in [0.15, 0.2) is 24.3 Å². The Morgan fingerprint density at radius 1 is 1.29 bits per heavy atom. The molecule has 2 amide bonds. The maximum Gasteiger partial charge on any atom is 0.234 e. The van der Waals surface area contributed by atoms with E-state index in [0.29, 0.717) is 6.42 Å². The van der Waals surface area contributed by atoms with E-state index in [-0.39, 0.29) is 23.1 Å². The fourth-order valence-electron chi connectivity index (χ4n) is 3.58. The van der Waals surface area contributed by atoms with Gasteiger partial charge in [0.05, 0.1) is 5.92 Å². The third kappa shape index (κ3) is 3.17. The van der Waals surface area contributed by atoms with Crippen LogP contribution in [0.4, 0.5) is 0 Å². The van der Waals surface area contributed by atoms with Crippen LogP contribution in [0.1, 0.15) is 63.0 Å². The molecule has 21 heavy (non-hydrogen) atoms. The summed E-state index contributed by atoms with van der Waals surface area (Å²) in [6, 6.07) is 8.13. The molecule has 0 bridgehead atoms. The minimum atomic E-state index is -0.233. The molecular formula is C18H25NO2. The van der Waals surface area contributed by atoms with Gasteiger partial charge in [0.15, 0.2) is 0 Å². The van der Waals surface area contributed by atoms with E-state index in [1.807, 2.05) is 25.1 Å². The second kappa shape index (κ2) is 6.42. The number of piperidine rings is 1. The summed E-state index contributed by atoms with van der Waals surface area (Å²) in [7, 11) is 0. The Balaban J connectivity index is 2.45. The molecule has 0 radical (unpaired) electrons. The summed E-state index contributed by atoms with van der Waals surface area (Å²) in [5.41, 5.74) is 1.96. The van der Waals surface area contributed by atoms with Gasteiger partial charge in [0.25, 0.3) is 0 Å². The van der Waals surface area contributed by atoms with Crippen molar-refractivity contribution < 1.29 is 9.59 Å². The number of rotatable bonds is 5. The summed E-state index contributed by atoms with van der Waals surface area (Å²) in [5, 5.41) is 2.53. The highest BCUT2D eigenvalue weighted by molar-refractivity contribution is 6.02. The lowest BCUT2D eigenvalue weighted by Crippen LogP contribution is -2.50. The molecule has 0 aliphatic carbocycles. The van der Waals surface area contributed by atoms with Gasteiger partial charge in [-0.15, -0.1) is 0 Å². The zero-order valence-electron chi connectivity index (χ0n) is 13.2. The van der Waals surface area contributed by atoms with E-state index in [2.05, 4.69) is 25.2 Å². The first kappa shape index (κ1) is 15.7. The highest BCUT2D eigenvalue weighted by atomic mass is 16.2. The molecule has 2 rings (SSSR count). The molecule has 1 fully saturated rings. The molecule has 1 aliphatic rings. The van der Waals surface area contributed by atoms with E-state index < -0.39 is 0 Å². The third-order valence-electron chi connectivity index (χ3n) is 4.76. The molecule has 0 saturated carbocycles. The van der Waals surface area contributed by atoms with Crippen molar-refractivity contribution in [2.75, 3.05) is 0 Å². The van der Waals surface area contributed by atoms with Crippen molar-refractivity contribution in [1.29, 1.82) is 0 Å². The number of carbonyl (C=O) groups excluding carboxylic acids is 2. The second-order valence-electron chi connectivity index (χ2n) is 6.26. The number of hydrogen-bond donors (Lipinski definition) is 1. The molecular weight excluding hydrogens is 262 g/mol. The Bertz CT molecular complexity index is 538. The van der Waals surface area contributed by atoms with Crippen LogP contribution in [0.2, 0.25) is 0 Å². The molecule has 1 aliphatic heterocycles. The summed E-state index contributed by atoms with van der Waals surface area (Å²) < 4.78 is 0. The van der Waals surface area contributed by atoms with E-state index in [1.54, 1.807) is 0 Å². The van der Waals surface area contributed by atoms with Crippen LogP contribution in [0.25, 0.3) is 0 Å². The van der Waals surface area contributed by atoms with Gasteiger partial charge < -0.3 is 0 Å². The molecule has 3 nitrogen and oxygen atoms in total. The van der Waals surface area contributed by atoms with E-state index in [1.165, 1.54) is 0 Å². The molecule has 1 N–H and O–H groups in total. The molecule has 3 heteroatoms. The lowest BCUT2D eigenvalue weighted by atomic mass is 9.63. The Morgan fingerprint density at radius 2 is 2.05 bits per heavy atom. The average Bonchev–Trinajstić information content (AvgIpc) is 2.44. The SMILES string of the molecule is CCCCC1(CC)CC(=O)NC(=O)C1c1cccc(C)c1. The number of hydrogen-bond acceptors (Lipinski definition) is 2. The number of aryl methyl sites for hydroxylation is 1. The molecule has 1 aromatic carbocycles. The topological polar surface area (TPSA) is 46.2 Å². The Hall–Kier alpha value is -1.64. The maximum absolute atomic E-state index is 12.5. The summed E-state index contributed by atoms with van der Waals surface area (Å²) in [5.74, 6) is -0.469. The van der Waals surface area contributed by atoms with E-state index in [9.17, 15) is 9.59 Å². The Morgan fingerprint density at radius 3 is 2.67 bits per heavy atom. The van der Waals surface area contributed by atoms with Gasteiger partial charge in [-0.3, -0.25) is 14.9 Å². The minimum absolute atomic E-state index is 0.123. The quantitative estimate of drug-likeness (QED) is 0.839. The lowest BCUT2D eigenvalue weighted by Gasteiger charge is -2.42. The van der Waals surface area contributed by atoms with Crippen LogP contribution in [0.5, 0.6) is 0 Å². The number of unbranched alkanes of at least 4 members (excludes halogenated alkanes) is 1. The van der Waals surface area contributed by atoms with Crippen LogP contribution in [0.3, 0.4) is 0 Å². The van der Waals surface area contributed by atoms with Crippen molar-refractivity contribution in [3.63, 3.8) is 0 Å². The van der Waals surface area contributed by atoms with Crippen LogP contribution >= 0.6 is 0 Å². The van der Waals surface area contributed by atoms with Gasteiger partial charge in [-0.05, 0) is 30.7 Å². The fourth-order valence-corrected chi connectivity index (χ4v) is 3.58. The number of nitrogens with one attached hydrogen (secondary N) is 1. The van der Waals surface area contributed by atoms with Crippen LogP contribution in [-0.4, -0.2) is 11.8 Å². The van der Waals surface area contributed by atoms with E-state index in [4.69, 9.17) is 0 Å². The fraction of sp³-hybridized carbons (Fsp3) is 0.556. The molecule has 114 valence electrons. The maximum atomic E-state index is 12.5. The van der Waals surface area contributed by atoms with Crippen molar-refractivity contribution in [2.24, 2.45) is 5.41 Å². The minimum Gasteiger partial charge on any atom is -0.296 e. The van der Waals surface area contributed by atoms with Gasteiger partial charge in [0.1, 0.15) is 0 Å². The van der Waals surface area contributed by atoms with Crippen LogP contribution < -0.4 is 5.32 Å². The van der Waals surface area contributed by atoms with Gasteiger partial charge in [0, 0.05) is 6.42 Å². The molecule has 2 atom stereocenters. The molecule has 0 aromatic heterocycles. The number of amides is 2. The summed E-state index contributed by atoms with van der Waals surface area (Å²) in [4.78, 5) is 24.4. The first-order valence-electron chi connectivity index (χ1n) is 7.92. The lowest BCUT2D eigenvalue weighted by molar-refractivity contribution is -0.140. The zero-order valence-corrected chi connectivity index (χ0v) is 13.2. The second-order valence-corrected chi connectivity index (χ2v) is 6.26. The average molecular weight is 287 g/mol. The number of imide groups is 1. The molecule has 1 saturated heterocycles. The van der Waals surface area contributed by atoms with Crippen molar-refractivity contribution in [3.8, 4) is 0 Å². The molecule has 1 heterocycles. The van der Waals surface area contributed by atoms with Crippen molar-refractivity contribution >= 4 is 11.8 Å². The standard InChI is InChI=1S/C18H25NO2/c1-4-6-10-18(5-2)12-15(20)19-17(21)16(18)14-9-7-8-13(3)11-14/h7-9,11,16H,4-6,10,12H2,1-3H3,(H,19,20,21). The van der Waals surface area contributed by atoms with Crippen molar-refractivity contribution in [1.82, 2.24) is 5.32 Å². The van der Waals surface area contributed by atoms with Crippen molar-refractivity contribution in [3.05, 3.63) is 35.4 Å². The number of benzene rings is 1. The van der Waals surface area contributed by atoms with Gasteiger partial charge >= 0.3 is 0 Å². The normalized spacial score (nSPS) is 25.8. The Labute approximate surface area is 127 Å². The van der Waals surface area contributed by atoms with Gasteiger partial charge in [-0.2, -0.15) is 0 Å². The van der Waals surface area contributed by atoms with Crippen LogP contribution in [0, 0.1) is 12.3 Å². The van der Waals surface area contributed by atoms with E-state index >= 15 is 0 Å². The Kier molecular flexibility index (Phi) is 4.81. The van der Waals surface area contributed by atoms with Gasteiger partial charge in [-0.1, -0.05) is 56.5 Å². The van der Waals surface area contributed by atoms with Gasteiger partial charge in [0.2, 0.25) is 11.8 Å². The van der Waals surface area contributed by atoms with Gasteiger partial charge in [-0.25, -0.2) is 0 Å². The summed E-state index contributed by atoms with van der Waals surface area (Å²) in [6.45, 7) is 6.29. The first-order valence-corrected chi connectivity index (χ1v) is 7.92. The monoisotopic (exact) mass is 287 g/mol. The predicted octanol–water partition coefficient (Wildman–Crippen LogP) is 3.71. The zero-order chi connectivity index (χ0) is 15.5. The predicted molar refractivity (Wildman–Crippen MR) is 83.9 cm³/mol. The molecule has 0 spiro atoms. The first-order chi connectivity index (χ1) is 10.0. The number of carbonyl (C=O) groups is 2. The largest absolute Gasteiger partial charge is 0.296 e. The summed E-state index contributed by atoms with van der Waals surface area (Å²) in [6.07, 6.45) is 4.37. The smallest absolute Gasteiger partial charge is 0.234 e. The third-order valence-corrected chi connectivity index (χ3v) is 4.76. The van der Waals surface area contributed by atoms with Crippen molar-refractivity contribution in [2.45, 2.75) is 58.8 Å². The molecule has 1 aromatic rings.